The van der Waals surface area contributed by atoms with Crippen molar-refractivity contribution >= 4 is 36.8 Å². The molecule has 2 fully saturated rings. The zero-order chi connectivity index (χ0) is 69.1. The first kappa shape index (κ1) is 77.7. The number of hydrogen-bond donors (Lipinski definition) is 4. The van der Waals surface area contributed by atoms with Gasteiger partial charge in [-0.2, -0.15) is 0 Å². The number of carbonyl (C=O) groups is 2. The van der Waals surface area contributed by atoms with E-state index in [1.54, 1.807) is 36.7 Å². The first-order valence-corrected chi connectivity index (χ1v) is 35.3. The van der Waals surface area contributed by atoms with Gasteiger partial charge in [-0.15, -0.1) is 0 Å². The van der Waals surface area contributed by atoms with Gasteiger partial charge < -0.3 is 29.9 Å². The zero-order valence-corrected chi connectivity index (χ0v) is 62.0. The molecule has 0 saturated heterocycles. The Kier molecular flexibility index (Phi) is 26.8. The van der Waals surface area contributed by atoms with Crippen LogP contribution in [-0.4, -0.2) is 81.4 Å². The van der Waals surface area contributed by atoms with E-state index in [-0.39, 0.29) is 120 Å². The summed E-state index contributed by atoms with van der Waals surface area (Å²) >= 11 is 0. The van der Waals surface area contributed by atoms with Gasteiger partial charge in [-0.05, 0) is 170 Å². The fourth-order valence-corrected chi connectivity index (χ4v) is 13.0. The number of aliphatic imine (C=N–C) groups is 4. The summed E-state index contributed by atoms with van der Waals surface area (Å²) in [5.41, 5.74) is 6.84. The van der Waals surface area contributed by atoms with Gasteiger partial charge in [0.1, 0.15) is 34.5 Å². The van der Waals surface area contributed by atoms with E-state index in [0.29, 0.717) is 33.8 Å². The van der Waals surface area contributed by atoms with E-state index in [1.165, 1.54) is 0 Å². The largest absolute Gasteiger partial charge is 0.507 e. The van der Waals surface area contributed by atoms with Gasteiger partial charge in [-0.25, -0.2) is 0 Å². The summed E-state index contributed by atoms with van der Waals surface area (Å²) in [4.78, 5) is 46.5. The average Bonchev–Trinajstić information content (AvgIpc) is 0.810. The van der Waals surface area contributed by atoms with Gasteiger partial charge in [-0.1, -0.05) is 187 Å². The number of aromatic hydroxyl groups is 4. The molecule has 4 aliphatic rings. The molecule has 521 valence electrons. The predicted octanol–water partition coefficient (Wildman–Crippen LogP) is 19.8. The Balaban J connectivity index is 0.000000298. The molecule has 4 N–H and O–H groups in total. The summed E-state index contributed by atoms with van der Waals surface area (Å²) in [7, 11) is 0. The minimum atomic E-state index is -0.368. The molecule has 0 amide bonds. The van der Waals surface area contributed by atoms with Crippen molar-refractivity contribution in [2.75, 3.05) is 0 Å². The molecule has 4 aromatic carbocycles. The van der Waals surface area contributed by atoms with Crippen LogP contribution in [0.15, 0.2) is 92.8 Å². The minimum Gasteiger partial charge on any atom is -0.507 e. The molecule has 95 heavy (non-hydrogen) atoms. The minimum absolute atomic E-state index is 0. The van der Waals surface area contributed by atoms with Gasteiger partial charge in [0.25, 0.3) is 0 Å². The van der Waals surface area contributed by atoms with Crippen molar-refractivity contribution in [1.82, 2.24) is 0 Å². The maximum atomic E-state index is 13.2. The van der Waals surface area contributed by atoms with Crippen molar-refractivity contribution < 1.29 is 56.3 Å². The van der Waals surface area contributed by atoms with Crippen LogP contribution in [0.4, 0.5) is 0 Å². The quantitative estimate of drug-likeness (QED) is 0.0468. The Hall–Kier alpha value is -6.31. The molecule has 0 bridgehead atoms. The van der Waals surface area contributed by atoms with E-state index < -0.39 is 0 Å². The van der Waals surface area contributed by atoms with Gasteiger partial charge in [0.15, 0.2) is 0 Å². The second-order valence-electron chi connectivity index (χ2n) is 33.4. The number of allylic oxidation sites excluding steroid dienone is 4. The first-order chi connectivity index (χ1) is 43.9. The van der Waals surface area contributed by atoms with E-state index >= 15 is 0 Å². The van der Waals surface area contributed by atoms with Crippen LogP contribution in [0.2, 0.25) is 0 Å². The second kappa shape index (κ2) is 32.8. The molecular weight excluding hydrogens is 1230 g/mol. The molecule has 0 heterocycles. The average molecular weight is 1340 g/mol. The van der Waals surface area contributed by atoms with Crippen LogP contribution >= 0.6 is 0 Å². The third-order valence-corrected chi connectivity index (χ3v) is 19.1. The van der Waals surface area contributed by atoms with Gasteiger partial charge in [0.2, 0.25) is 0 Å². The van der Waals surface area contributed by atoms with Crippen LogP contribution in [0.3, 0.4) is 0 Å². The molecule has 6 atom stereocenters. The Bertz CT molecular complexity index is 3230. The Morgan fingerprint density at radius 1 is 0.347 bits per heavy atom. The molecule has 2 saturated carbocycles. The van der Waals surface area contributed by atoms with Crippen molar-refractivity contribution in [3.8, 4) is 34.5 Å². The molecule has 0 aromatic heterocycles. The third-order valence-electron chi connectivity index (χ3n) is 19.1. The summed E-state index contributed by atoms with van der Waals surface area (Å²) in [6, 6.07) is 15.2. The number of benzene rings is 4. The maximum Gasteiger partial charge on any atom is 0.314 e. The molecular formula is C82H116CoN4O8. The molecule has 8 rings (SSSR count). The smallest absolute Gasteiger partial charge is 0.314 e. The van der Waals surface area contributed by atoms with Crippen molar-refractivity contribution in [1.29, 1.82) is 0 Å². The number of esters is 2. The van der Waals surface area contributed by atoms with E-state index in [2.05, 4.69) is 132 Å². The standard InChI is InChI=1S/2C41H58N2O4.Co/c2*1-39(2,3)30-21-28(36(44)32(23-30)40(4,5)6)25-42-34-19-15-16-20-35(34)43-26-29-22-31(24-33(37(29)45)41(7,8)9)47-38(46)27-17-13-11-10-12-14-18-27;/h2*10-11,21-27,34-35,44-45H,12-20H2,1-9H3;/b2*11-10-,42-25?,43-26?;/t2*27?,34-,35-;/m11./s1. The summed E-state index contributed by atoms with van der Waals surface area (Å²) in [5.74, 6) is 1.10. The van der Waals surface area contributed by atoms with Crippen LogP contribution < -0.4 is 9.47 Å². The fourth-order valence-electron chi connectivity index (χ4n) is 13.0. The molecule has 4 aliphatic carbocycles. The Labute approximate surface area is 581 Å². The van der Waals surface area contributed by atoms with Crippen LogP contribution in [-0.2, 0) is 58.9 Å². The van der Waals surface area contributed by atoms with Gasteiger partial charge in [-0.3, -0.25) is 29.6 Å². The summed E-state index contributed by atoms with van der Waals surface area (Å²) < 4.78 is 12.0. The summed E-state index contributed by atoms with van der Waals surface area (Å²) in [6.45, 7) is 38.1. The molecule has 0 aliphatic heterocycles. The Morgan fingerprint density at radius 2 is 0.611 bits per heavy atom. The molecule has 4 aromatic rings. The molecule has 1 radical (unpaired) electrons. The fraction of sp³-hybridized carbons (Fsp3) is 0.585. The van der Waals surface area contributed by atoms with Crippen molar-refractivity contribution in [3.05, 3.63) is 128 Å². The molecule has 12 nitrogen and oxygen atoms in total. The van der Waals surface area contributed by atoms with Crippen LogP contribution in [0.25, 0.3) is 0 Å². The topological polar surface area (TPSA) is 183 Å². The monoisotopic (exact) mass is 1340 g/mol. The second-order valence-corrected chi connectivity index (χ2v) is 33.4. The number of phenols is 4. The maximum absolute atomic E-state index is 13.2. The summed E-state index contributed by atoms with van der Waals surface area (Å²) in [5, 5.41) is 45.3. The van der Waals surface area contributed by atoms with Crippen LogP contribution in [0, 0.1) is 11.8 Å². The third kappa shape index (κ3) is 21.8. The van der Waals surface area contributed by atoms with Crippen LogP contribution in [0.5, 0.6) is 34.5 Å². The van der Waals surface area contributed by atoms with E-state index in [1.807, 2.05) is 54.0 Å². The van der Waals surface area contributed by atoms with Crippen molar-refractivity contribution in [2.24, 2.45) is 31.8 Å². The van der Waals surface area contributed by atoms with Crippen LogP contribution in [0.1, 0.15) is 296 Å². The van der Waals surface area contributed by atoms with E-state index in [9.17, 15) is 30.0 Å². The summed E-state index contributed by atoms with van der Waals surface area (Å²) in [6.07, 6.45) is 32.6. The van der Waals surface area contributed by atoms with E-state index in [4.69, 9.17) is 29.4 Å². The zero-order valence-electron chi connectivity index (χ0n) is 61.0. The number of hydrogen-bond acceptors (Lipinski definition) is 12. The molecule has 0 spiro atoms. The molecule has 13 heteroatoms. The number of phenolic OH excluding ortho intramolecular Hbond substituents is 4. The molecule has 2 unspecified atom stereocenters. The van der Waals surface area contributed by atoms with Crippen molar-refractivity contribution in [3.63, 3.8) is 0 Å². The van der Waals surface area contributed by atoms with Gasteiger partial charge >= 0.3 is 11.9 Å². The van der Waals surface area contributed by atoms with E-state index in [0.717, 1.165) is 149 Å². The SMILES string of the molecule is CC(C)(C)c1cc(C=N[C@@H]2CCCC[C@H]2N=Cc2cc(OC(=O)C3CC/C=C\CCC3)cc(C(C)(C)C)c2O)c(O)c(C(C)(C)C)c1.CC(C)(C)c1cc(C=N[C@@H]2CCCC[C@H]2N=Cc2cc(OC(=O)C3CC/C=C\CCC3)cc(C(C)(C)C)c2O)c(O)c(C(C)(C)C)c1.[Co]. The van der Waals surface area contributed by atoms with Crippen molar-refractivity contribution in [2.45, 2.75) is 297 Å². The number of carbonyl (C=O) groups excluding carboxylic acids is 2. The number of nitrogens with zero attached hydrogens (tertiary/aromatic N) is 4. The normalized spacial score (nSPS) is 22.0. The number of rotatable bonds is 12. The number of ether oxygens (including phenoxy) is 2. The Morgan fingerprint density at radius 3 is 0.884 bits per heavy atom. The first-order valence-electron chi connectivity index (χ1n) is 35.3. The predicted molar refractivity (Wildman–Crippen MR) is 390 cm³/mol. The van der Waals surface area contributed by atoms with Gasteiger partial charge in [0.05, 0.1) is 36.0 Å². The van der Waals surface area contributed by atoms with Gasteiger partial charge in [0, 0.05) is 86.1 Å².